The molecule has 2 aromatic rings. The van der Waals surface area contributed by atoms with Crippen LogP contribution >= 0.6 is 11.8 Å². The molecule has 0 saturated heterocycles. The highest BCUT2D eigenvalue weighted by Crippen LogP contribution is 2.30. The van der Waals surface area contributed by atoms with E-state index < -0.39 is 0 Å². The molecule has 0 aliphatic heterocycles. The molecule has 0 radical (unpaired) electrons. The minimum atomic E-state index is -0.292. The van der Waals surface area contributed by atoms with E-state index in [0.29, 0.717) is 28.7 Å². The maximum Gasteiger partial charge on any atom is 0.284 e. The molecule has 1 aliphatic rings. The van der Waals surface area contributed by atoms with Gasteiger partial charge >= 0.3 is 0 Å². The van der Waals surface area contributed by atoms with E-state index in [1.54, 1.807) is 18.4 Å². The maximum absolute atomic E-state index is 12.5. The summed E-state index contributed by atoms with van der Waals surface area (Å²) >= 11 is 1.27. The van der Waals surface area contributed by atoms with Crippen LogP contribution in [0.15, 0.2) is 32.5 Å². The van der Waals surface area contributed by atoms with Gasteiger partial charge in [0, 0.05) is 6.04 Å². The summed E-state index contributed by atoms with van der Waals surface area (Å²) < 4.78 is 10.8. The molecule has 1 aliphatic carbocycles. The van der Waals surface area contributed by atoms with Crippen LogP contribution in [0.25, 0.3) is 11.7 Å². The molecule has 0 spiro atoms. The number of furan rings is 1. The minimum Gasteiger partial charge on any atom is -0.459 e. The molecule has 130 valence electrons. The Hall–Kier alpha value is -1.76. The average Bonchev–Trinajstić information content (AvgIpc) is 3.22. The third-order valence-corrected chi connectivity index (χ3v) is 5.75. The number of rotatable bonds is 5. The molecular weight excluding hydrogens is 326 g/mol. The largest absolute Gasteiger partial charge is 0.459 e. The molecule has 24 heavy (non-hydrogen) atoms. The Labute approximate surface area is 145 Å². The van der Waals surface area contributed by atoms with Gasteiger partial charge in [-0.15, -0.1) is 10.2 Å². The number of carbonyl (C=O) groups is 1. The van der Waals surface area contributed by atoms with E-state index in [4.69, 9.17) is 8.83 Å². The fourth-order valence-corrected chi connectivity index (χ4v) is 3.74. The van der Waals surface area contributed by atoms with Crippen LogP contribution in [0.5, 0.6) is 0 Å². The lowest BCUT2D eigenvalue weighted by atomic mass is 9.78. The number of hydrogen-bond acceptors (Lipinski definition) is 6. The van der Waals surface area contributed by atoms with Gasteiger partial charge in [0.05, 0.1) is 11.5 Å². The zero-order chi connectivity index (χ0) is 17.1. The van der Waals surface area contributed by atoms with Gasteiger partial charge in [-0.3, -0.25) is 4.79 Å². The third kappa shape index (κ3) is 3.83. The number of nitrogens with zero attached hydrogens (tertiary/aromatic N) is 2. The SMILES string of the molecule is C[C@@H]1[C@H](C)CCC[C@@H]1NC(=O)[C@@H](C)Sc1nnc(-c2ccco2)o1. The first-order valence-electron chi connectivity index (χ1n) is 8.39. The van der Waals surface area contributed by atoms with E-state index in [9.17, 15) is 4.79 Å². The van der Waals surface area contributed by atoms with Crippen molar-refractivity contribution in [1.29, 1.82) is 0 Å². The molecule has 2 aromatic heterocycles. The highest BCUT2D eigenvalue weighted by molar-refractivity contribution is 8.00. The molecule has 3 rings (SSSR count). The topological polar surface area (TPSA) is 81.2 Å². The summed E-state index contributed by atoms with van der Waals surface area (Å²) in [5, 5.41) is 11.2. The molecule has 1 N–H and O–H groups in total. The molecule has 7 heteroatoms. The van der Waals surface area contributed by atoms with Crippen LogP contribution in [0.2, 0.25) is 0 Å². The average molecular weight is 349 g/mol. The van der Waals surface area contributed by atoms with Crippen molar-refractivity contribution in [3.63, 3.8) is 0 Å². The zero-order valence-electron chi connectivity index (χ0n) is 14.2. The number of hydrogen-bond donors (Lipinski definition) is 1. The Bertz CT molecular complexity index is 670. The van der Waals surface area contributed by atoms with Crippen LogP contribution in [0.3, 0.4) is 0 Å². The van der Waals surface area contributed by atoms with Crippen molar-refractivity contribution >= 4 is 17.7 Å². The summed E-state index contributed by atoms with van der Waals surface area (Å²) in [5.41, 5.74) is 0. The Morgan fingerprint density at radius 2 is 2.21 bits per heavy atom. The second-order valence-corrected chi connectivity index (χ2v) is 7.78. The zero-order valence-corrected chi connectivity index (χ0v) is 15.0. The van der Waals surface area contributed by atoms with E-state index in [1.807, 2.05) is 6.92 Å². The van der Waals surface area contributed by atoms with Crippen LogP contribution in [0, 0.1) is 11.8 Å². The molecule has 2 heterocycles. The monoisotopic (exact) mass is 349 g/mol. The van der Waals surface area contributed by atoms with Crippen molar-refractivity contribution in [3.05, 3.63) is 18.4 Å². The van der Waals surface area contributed by atoms with Gasteiger partial charge < -0.3 is 14.2 Å². The number of carbonyl (C=O) groups excluding carboxylic acids is 1. The van der Waals surface area contributed by atoms with Crippen molar-refractivity contribution in [1.82, 2.24) is 15.5 Å². The van der Waals surface area contributed by atoms with Gasteiger partial charge in [-0.1, -0.05) is 38.5 Å². The predicted octanol–water partition coefficient (Wildman–Crippen LogP) is 3.75. The van der Waals surface area contributed by atoms with Crippen LogP contribution in [0.1, 0.15) is 40.0 Å². The van der Waals surface area contributed by atoms with Crippen molar-refractivity contribution in [2.45, 2.75) is 56.5 Å². The Morgan fingerprint density at radius 3 is 2.96 bits per heavy atom. The highest BCUT2D eigenvalue weighted by Gasteiger charge is 2.30. The number of nitrogens with one attached hydrogen (secondary N) is 1. The first-order valence-corrected chi connectivity index (χ1v) is 9.27. The number of aromatic nitrogens is 2. The Morgan fingerprint density at radius 1 is 1.38 bits per heavy atom. The predicted molar refractivity (Wildman–Crippen MR) is 91.4 cm³/mol. The molecule has 0 aromatic carbocycles. The van der Waals surface area contributed by atoms with Crippen molar-refractivity contribution < 1.29 is 13.6 Å². The second-order valence-electron chi connectivity index (χ2n) is 6.49. The summed E-state index contributed by atoms with van der Waals surface area (Å²) in [5.74, 6) is 2.03. The molecule has 1 fully saturated rings. The molecule has 1 amide bonds. The van der Waals surface area contributed by atoms with Crippen molar-refractivity contribution in [3.8, 4) is 11.7 Å². The lowest BCUT2D eigenvalue weighted by molar-refractivity contribution is -0.121. The quantitative estimate of drug-likeness (QED) is 0.828. The van der Waals surface area contributed by atoms with E-state index in [1.165, 1.54) is 24.6 Å². The van der Waals surface area contributed by atoms with E-state index in [-0.39, 0.29) is 17.2 Å². The molecule has 6 nitrogen and oxygen atoms in total. The first kappa shape index (κ1) is 17.1. The third-order valence-electron chi connectivity index (χ3n) is 4.82. The van der Waals surface area contributed by atoms with Crippen molar-refractivity contribution in [2.24, 2.45) is 11.8 Å². The first-order chi connectivity index (χ1) is 11.5. The van der Waals surface area contributed by atoms with E-state index >= 15 is 0 Å². The Kier molecular flexibility index (Phi) is 5.28. The smallest absolute Gasteiger partial charge is 0.284 e. The normalized spacial score (nSPS) is 25.4. The summed E-state index contributed by atoms with van der Waals surface area (Å²) in [7, 11) is 0. The summed E-state index contributed by atoms with van der Waals surface area (Å²) in [6.45, 7) is 6.34. The lowest BCUT2D eigenvalue weighted by Gasteiger charge is -2.35. The van der Waals surface area contributed by atoms with Gasteiger partial charge in [-0.05, 0) is 37.3 Å². The van der Waals surface area contributed by atoms with Crippen LogP contribution < -0.4 is 5.32 Å². The van der Waals surface area contributed by atoms with Gasteiger partial charge in [0.1, 0.15) is 0 Å². The Balaban J connectivity index is 1.56. The van der Waals surface area contributed by atoms with Crippen molar-refractivity contribution in [2.75, 3.05) is 0 Å². The molecule has 4 atom stereocenters. The molecule has 0 unspecified atom stereocenters. The lowest BCUT2D eigenvalue weighted by Crippen LogP contribution is -2.46. The van der Waals surface area contributed by atoms with Gasteiger partial charge in [0.2, 0.25) is 5.91 Å². The van der Waals surface area contributed by atoms with Gasteiger partial charge in [0.25, 0.3) is 11.1 Å². The second kappa shape index (κ2) is 7.42. The van der Waals surface area contributed by atoms with E-state index in [0.717, 1.165) is 6.42 Å². The number of amides is 1. The molecule has 1 saturated carbocycles. The molecular formula is C17H23N3O3S. The summed E-state index contributed by atoms with van der Waals surface area (Å²) in [4.78, 5) is 12.5. The van der Waals surface area contributed by atoms with Gasteiger partial charge in [0.15, 0.2) is 5.76 Å². The van der Waals surface area contributed by atoms with Crippen LogP contribution in [0.4, 0.5) is 0 Å². The van der Waals surface area contributed by atoms with Crippen LogP contribution in [-0.2, 0) is 4.79 Å². The fourth-order valence-electron chi connectivity index (χ4n) is 3.05. The maximum atomic E-state index is 12.5. The van der Waals surface area contributed by atoms with Gasteiger partial charge in [-0.25, -0.2) is 0 Å². The summed E-state index contributed by atoms with van der Waals surface area (Å²) in [6, 6.07) is 3.77. The molecule has 0 bridgehead atoms. The van der Waals surface area contributed by atoms with Crippen LogP contribution in [-0.4, -0.2) is 27.4 Å². The fraction of sp³-hybridized carbons (Fsp3) is 0.588. The summed E-state index contributed by atoms with van der Waals surface area (Å²) in [6.07, 6.45) is 5.02. The van der Waals surface area contributed by atoms with Gasteiger partial charge in [-0.2, -0.15) is 0 Å². The standard InChI is InChI=1S/C17H23N3O3S/c1-10-6-4-7-13(11(10)2)18-15(21)12(3)24-17-20-19-16(23-17)14-8-5-9-22-14/h5,8-13H,4,6-7H2,1-3H3,(H,18,21)/t10-,11-,12-,13+/m1/s1. The van der Waals surface area contributed by atoms with E-state index in [2.05, 4.69) is 29.4 Å². The number of thioether (sulfide) groups is 1. The minimum absolute atomic E-state index is 0.0173. The highest BCUT2D eigenvalue weighted by atomic mass is 32.2.